The van der Waals surface area contributed by atoms with E-state index in [9.17, 15) is 9.46 Å². The summed E-state index contributed by atoms with van der Waals surface area (Å²) in [6.07, 6.45) is 23.7. The van der Waals surface area contributed by atoms with E-state index in [0.29, 0.717) is 19.8 Å². The zero-order chi connectivity index (χ0) is 26.0. The lowest BCUT2D eigenvalue weighted by Gasteiger charge is -2.18. The van der Waals surface area contributed by atoms with E-state index < -0.39 is 13.9 Å². The standard InChI is InChI=1S/C27H56NO6P/c1-5-6-7-8-9-10-11-12-13-14-15-16-17-18-19-20-21-23-32-25-27(31-4)26-34-35(29,30)33-24-22-28(2)3/h13-14,27H,5-12,15-26H2,1-4H3,(H,29,30)/b14-13+. The fourth-order valence-electron chi connectivity index (χ4n) is 3.58. The molecule has 0 aliphatic carbocycles. The van der Waals surface area contributed by atoms with Crippen LogP contribution < -0.4 is 0 Å². The number of allylic oxidation sites excluding steroid dienone is 2. The summed E-state index contributed by atoms with van der Waals surface area (Å²) in [5.74, 6) is 0. The van der Waals surface area contributed by atoms with Gasteiger partial charge in [-0.05, 0) is 46.2 Å². The molecule has 1 N–H and O–H groups in total. The summed E-state index contributed by atoms with van der Waals surface area (Å²) in [7, 11) is 1.20. The van der Waals surface area contributed by atoms with Crippen molar-refractivity contribution in [3.05, 3.63) is 12.2 Å². The van der Waals surface area contributed by atoms with Crippen LogP contribution in [0, 0.1) is 0 Å². The predicted octanol–water partition coefficient (Wildman–Crippen LogP) is 7.14. The largest absolute Gasteiger partial charge is 0.472 e. The minimum absolute atomic E-state index is 0.0419. The lowest BCUT2D eigenvalue weighted by atomic mass is 10.1. The van der Waals surface area contributed by atoms with Gasteiger partial charge in [-0.15, -0.1) is 0 Å². The van der Waals surface area contributed by atoms with Crippen molar-refractivity contribution >= 4 is 7.82 Å². The molecule has 0 aliphatic rings. The third kappa shape index (κ3) is 26.6. The third-order valence-electron chi connectivity index (χ3n) is 5.90. The highest BCUT2D eigenvalue weighted by atomic mass is 31.2. The lowest BCUT2D eigenvalue weighted by Crippen LogP contribution is -2.24. The number of ether oxygens (including phenoxy) is 2. The number of hydrogen-bond acceptors (Lipinski definition) is 6. The molecule has 2 unspecified atom stereocenters. The molecule has 0 aromatic rings. The molecule has 0 saturated heterocycles. The summed E-state index contributed by atoms with van der Waals surface area (Å²) in [6, 6.07) is 0. The molecule has 210 valence electrons. The molecular formula is C27H56NO6P. The Kier molecular flexibility index (Phi) is 25.2. The van der Waals surface area contributed by atoms with Gasteiger partial charge in [0.2, 0.25) is 0 Å². The molecule has 35 heavy (non-hydrogen) atoms. The SMILES string of the molecule is CCCCCCCCC/C=C/CCCCCCCCOCC(COP(=O)(O)OCCN(C)C)OC. The highest BCUT2D eigenvalue weighted by molar-refractivity contribution is 7.47. The number of methoxy groups -OCH3 is 1. The van der Waals surface area contributed by atoms with Crippen LogP contribution in [-0.4, -0.2) is 70.1 Å². The van der Waals surface area contributed by atoms with Crippen LogP contribution in [0.15, 0.2) is 12.2 Å². The van der Waals surface area contributed by atoms with Gasteiger partial charge in [-0.3, -0.25) is 9.05 Å². The average molecular weight is 522 g/mol. The third-order valence-corrected chi connectivity index (χ3v) is 6.89. The Labute approximate surface area is 216 Å². The minimum atomic E-state index is -4.06. The molecule has 7 nitrogen and oxygen atoms in total. The number of phosphoric ester groups is 1. The Morgan fingerprint density at radius 2 is 1.31 bits per heavy atom. The number of unbranched alkanes of at least 4 members (excludes halogenated alkanes) is 13. The summed E-state index contributed by atoms with van der Waals surface area (Å²) >= 11 is 0. The Balaban J connectivity index is 3.48. The number of nitrogens with zero attached hydrogens (tertiary/aromatic N) is 1. The van der Waals surface area contributed by atoms with E-state index in [1.807, 2.05) is 19.0 Å². The maximum atomic E-state index is 11.9. The number of hydrogen-bond donors (Lipinski definition) is 1. The van der Waals surface area contributed by atoms with Gasteiger partial charge >= 0.3 is 7.82 Å². The maximum absolute atomic E-state index is 11.9. The van der Waals surface area contributed by atoms with Crippen LogP contribution in [-0.2, 0) is 23.1 Å². The highest BCUT2D eigenvalue weighted by Crippen LogP contribution is 2.43. The quantitative estimate of drug-likeness (QED) is 0.0699. The van der Waals surface area contributed by atoms with Gasteiger partial charge in [-0.25, -0.2) is 4.57 Å². The van der Waals surface area contributed by atoms with E-state index in [2.05, 4.69) is 19.1 Å². The molecule has 0 spiro atoms. The molecule has 2 atom stereocenters. The first kappa shape index (κ1) is 34.7. The van der Waals surface area contributed by atoms with Crippen LogP contribution in [0.3, 0.4) is 0 Å². The van der Waals surface area contributed by atoms with Crippen molar-refractivity contribution in [2.24, 2.45) is 0 Å². The molecular weight excluding hydrogens is 465 g/mol. The second kappa shape index (κ2) is 25.4. The second-order valence-corrected chi connectivity index (χ2v) is 11.1. The van der Waals surface area contributed by atoms with E-state index in [0.717, 1.165) is 12.8 Å². The number of phosphoric acid groups is 1. The predicted molar refractivity (Wildman–Crippen MR) is 146 cm³/mol. The molecule has 0 saturated carbocycles. The molecule has 0 radical (unpaired) electrons. The summed E-state index contributed by atoms with van der Waals surface area (Å²) in [6.45, 7) is 3.90. The maximum Gasteiger partial charge on any atom is 0.472 e. The van der Waals surface area contributed by atoms with Gasteiger partial charge in [0.05, 0.1) is 19.8 Å². The first-order chi connectivity index (χ1) is 16.9. The fraction of sp³-hybridized carbons (Fsp3) is 0.926. The van der Waals surface area contributed by atoms with Crippen molar-refractivity contribution < 1.29 is 28.0 Å². The van der Waals surface area contributed by atoms with Crippen molar-refractivity contribution in [1.29, 1.82) is 0 Å². The van der Waals surface area contributed by atoms with Crippen LogP contribution in [0.4, 0.5) is 0 Å². The zero-order valence-corrected chi connectivity index (χ0v) is 24.2. The molecule has 0 amide bonds. The summed E-state index contributed by atoms with van der Waals surface area (Å²) in [4.78, 5) is 11.6. The summed E-state index contributed by atoms with van der Waals surface area (Å²) in [5, 5.41) is 0. The summed E-state index contributed by atoms with van der Waals surface area (Å²) < 4.78 is 32.7. The Hall–Kier alpha value is -0.270. The second-order valence-electron chi connectivity index (χ2n) is 9.62. The monoisotopic (exact) mass is 521 g/mol. The van der Waals surface area contributed by atoms with Crippen LogP contribution in [0.2, 0.25) is 0 Å². The molecule has 0 fully saturated rings. The number of likely N-dealkylation sites (N-methyl/N-ethyl adjacent to an activating group) is 1. The fourth-order valence-corrected chi connectivity index (χ4v) is 4.32. The molecule has 0 heterocycles. The van der Waals surface area contributed by atoms with Gasteiger partial charge in [0.25, 0.3) is 0 Å². The smallest absolute Gasteiger partial charge is 0.379 e. The molecule has 0 aliphatic heterocycles. The average Bonchev–Trinajstić information content (AvgIpc) is 2.82. The van der Waals surface area contributed by atoms with Crippen molar-refractivity contribution in [2.75, 3.05) is 54.2 Å². The molecule has 0 aromatic heterocycles. The van der Waals surface area contributed by atoms with Crippen molar-refractivity contribution in [3.63, 3.8) is 0 Å². The molecule has 8 heteroatoms. The number of rotatable bonds is 27. The van der Waals surface area contributed by atoms with Crippen molar-refractivity contribution in [1.82, 2.24) is 4.90 Å². The van der Waals surface area contributed by atoms with Crippen LogP contribution in [0.5, 0.6) is 0 Å². The van der Waals surface area contributed by atoms with E-state index in [-0.39, 0.29) is 13.2 Å². The lowest BCUT2D eigenvalue weighted by molar-refractivity contribution is -0.0222. The minimum Gasteiger partial charge on any atom is -0.379 e. The topological polar surface area (TPSA) is 77.5 Å². The van der Waals surface area contributed by atoms with Gasteiger partial charge in [0, 0.05) is 20.3 Å². The van der Waals surface area contributed by atoms with E-state index in [1.54, 1.807) is 0 Å². The van der Waals surface area contributed by atoms with Gasteiger partial charge in [-0.1, -0.05) is 83.3 Å². The molecule has 0 aromatic carbocycles. The van der Waals surface area contributed by atoms with Gasteiger partial charge in [0.1, 0.15) is 6.10 Å². The first-order valence-electron chi connectivity index (χ1n) is 13.9. The van der Waals surface area contributed by atoms with Gasteiger partial charge in [-0.2, -0.15) is 0 Å². The highest BCUT2D eigenvalue weighted by Gasteiger charge is 2.23. The normalized spacial score (nSPS) is 14.7. The summed E-state index contributed by atoms with van der Waals surface area (Å²) in [5.41, 5.74) is 0. The van der Waals surface area contributed by atoms with E-state index >= 15 is 0 Å². The Morgan fingerprint density at radius 1 is 0.771 bits per heavy atom. The van der Waals surface area contributed by atoms with Crippen LogP contribution in [0.25, 0.3) is 0 Å². The van der Waals surface area contributed by atoms with Crippen LogP contribution >= 0.6 is 7.82 Å². The van der Waals surface area contributed by atoms with Gasteiger partial charge in [0.15, 0.2) is 0 Å². The zero-order valence-electron chi connectivity index (χ0n) is 23.3. The van der Waals surface area contributed by atoms with E-state index in [1.165, 1.54) is 90.6 Å². The first-order valence-corrected chi connectivity index (χ1v) is 15.4. The van der Waals surface area contributed by atoms with Crippen LogP contribution in [0.1, 0.15) is 103 Å². The van der Waals surface area contributed by atoms with Gasteiger partial charge < -0.3 is 19.3 Å². The van der Waals surface area contributed by atoms with E-state index in [4.69, 9.17) is 18.5 Å². The Bertz CT molecular complexity index is 518. The van der Waals surface area contributed by atoms with Crippen molar-refractivity contribution in [2.45, 2.75) is 109 Å². The van der Waals surface area contributed by atoms with Crippen molar-refractivity contribution in [3.8, 4) is 0 Å². The molecule has 0 bridgehead atoms. The Morgan fingerprint density at radius 3 is 1.86 bits per heavy atom. The molecule has 0 rings (SSSR count).